The zero-order chi connectivity index (χ0) is 19.9. The zero-order valence-corrected chi connectivity index (χ0v) is 15.6. The van der Waals surface area contributed by atoms with Crippen LogP contribution in [0.5, 0.6) is 5.75 Å². The van der Waals surface area contributed by atoms with Gasteiger partial charge in [-0.2, -0.15) is 0 Å². The number of benzene rings is 2. The summed E-state index contributed by atoms with van der Waals surface area (Å²) in [6.07, 6.45) is 1.43. The van der Waals surface area contributed by atoms with E-state index in [2.05, 4.69) is 5.32 Å². The van der Waals surface area contributed by atoms with Gasteiger partial charge in [0.1, 0.15) is 11.3 Å². The summed E-state index contributed by atoms with van der Waals surface area (Å²) < 4.78 is 0. The molecular weight excluding hydrogens is 344 g/mol. The molecule has 138 valence electrons. The largest absolute Gasteiger partial charge is 0.507 e. The topological polar surface area (TPSA) is 86.7 Å². The van der Waals surface area contributed by atoms with Gasteiger partial charge in [0.25, 0.3) is 11.8 Å². The van der Waals surface area contributed by atoms with Crippen molar-refractivity contribution in [1.82, 2.24) is 5.32 Å². The number of phenols is 1. The minimum Gasteiger partial charge on any atom is -0.507 e. The quantitative estimate of drug-likeness (QED) is 0.632. The molecule has 0 spiro atoms. The van der Waals surface area contributed by atoms with Gasteiger partial charge in [-0.05, 0) is 79.8 Å². The SMILES string of the molecule is Cc1cccc(N2C(=O)NC(=O)C(=Cc3cc(C)c(O)c(C)c3)C2=O)c1C. The average Bonchev–Trinajstić information content (AvgIpc) is 2.60. The van der Waals surface area contributed by atoms with Gasteiger partial charge in [0.05, 0.1) is 5.69 Å². The first-order valence-electron chi connectivity index (χ1n) is 8.48. The maximum absolute atomic E-state index is 13.0. The second kappa shape index (κ2) is 6.72. The average molecular weight is 364 g/mol. The molecule has 0 atom stereocenters. The van der Waals surface area contributed by atoms with Gasteiger partial charge in [-0.15, -0.1) is 0 Å². The van der Waals surface area contributed by atoms with Crippen LogP contribution in [0.3, 0.4) is 0 Å². The first kappa shape index (κ1) is 18.4. The number of nitrogens with zero attached hydrogens (tertiary/aromatic N) is 1. The molecule has 6 heteroatoms. The van der Waals surface area contributed by atoms with E-state index in [1.807, 2.05) is 19.9 Å². The number of amides is 4. The third-order valence-electron chi connectivity index (χ3n) is 4.74. The van der Waals surface area contributed by atoms with E-state index in [0.717, 1.165) is 16.0 Å². The van der Waals surface area contributed by atoms with Gasteiger partial charge >= 0.3 is 6.03 Å². The van der Waals surface area contributed by atoms with Crippen LogP contribution in [0.15, 0.2) is 35.9 Å². The van der Waals surface area contributed by atoms with Crippen LogP contribution in [0.1, 0.15) is 27.8 Å². The first-order chi connectivity index (χ1) is 12.7. The van der Waals surface area contributed by atoms with Gasteiger partial charge in [-0.1, -0.05) is 12.1 Å². The molecule has 0 aromatic heterocycles. The number of carbonyl (C=O) groups excluding carboxylic acids is 3. The highest BCUT2D eigenvalue weighted by Crippen LogP contribution is 2.28. The lowest BCUT2D eigenvalue weighted by Gasteiger charge is -2.28. The smallest absolute Gasteiger partial charge is 0.335 e. The van der Waals surface area contributed by atoms with E-state index in [0.29, 0.717) is 22.4 Å². The van der Waals surface area contributed by atoms with Crippen LogP contribution in [-0.2, 0) is 9.59 Å². The normalized spacial score (nSPS) is 16.1. The predicted molar refractivity (Wildman–Crippen MR) is 102 cm³/mol. The number of carbonyl (C=O) groups is 3. The summed E-state index contributed by atoms with van der Waals surface area (Å²) in [5.74, 6) is -1.25. The molecule has 0 unspecified atom stereocenters. The van der Waals surface area contributed by atoms with E-state index in [-0.39, 0.29) is 11.3 Å². The van der Waals surface area contributed by atoms with Crippen molar-refractivity contribution in [2.24, 2.45) is 0 Å². The molecular formula is C21H20N2O4. The number of imide groups is 2. The van der Waals surface area contributed by atoms with Crippen molar-refractivity contribution in [3.8, 4) is 5.75 Å². The third-order valence-corrected chi connectivity index (χ3v) is 4.74. The van der Waals surface area contributed by atoms with Gasteiger partial charge in [0.15, 0.2) is 0 Å². The summed E-state index contributed by atoms with van der Waals surface area (Å²) in [7, 11) is 0. The summed E-state index contributed by atoms with van der Waals surface area (Å²) in [6, 6.07) is 7.89. The number of hydrogen-bond acceptors (Lipinski definition) is 4. The molecule has 4 amide bonds. The van der Waals surface area contributed by atoms with Crippen molar-refractivity contribution in [3.63, 3.8) is 0 Å². The molecule has 2 N–H and O–H groups in total. The minimum atomic E-state index is -0.770. The van der Waals surface area contributed by atoms with Crippen molar-refractivity contribution < 1.29 is 19.5 Å². The lowest BCUT2D eigenvalue weighted by Crippen LogP contribution is -2.54. The molecule has 0 bridgehead atoms. The molecule has 1 fully saturated rings. The molecule has 1 aliphatic rings. The molecule has 1 aliphatic heterocycles. The fourth-order valence-corrected chi connectivity index (χ4v) is 3.09. The minimum absolute atomic E-state index is 0.139. The van der Waals surface area contributed by atoms with Crippen LogP contribution < -0.4 is 10.2 Å². The maximum Gasteiger partial charge on any atom is 0.335 e. The standard InChI is InChI=1S/C21H20N2O4/c1-11-6-5-7-17(14(11)4)23-20(26)16(19(25)22-21(23)27)10-15-8-12(2)18(24)13(3)9-15/h5-10,24H,1-4H3,(H,22,25,27). The fraction of sp³-hybridized carbons (Fsp3) is 0.190. The summed E-state index contributed by atoms with van der Waals surface area (Å²) in [6.45, 7) is 7.17. The molecule has 2 aromatic carbocycles. The van der Waals surface area contributed by atoms with Crippen molar-refractivity contribution in [2.75, 3.05) is 4.90 Å². The zero-order valence-electron chi connectivity index (χ0n) is 15.6. The van der Waals surface area contributed by atoms with Gasteiger partial charge in [-0.25, -0.2) is 9.69 Å². The molecule has 0 radical (unpaired) electrons. The monoisotopic (exact) mass is 364 g/mol. The lowest BCUT2D eigenvalue weighted by molar-refractivity contribution is -0.122. The Labute approximate surface area is 157 Å². The highest BCUT2D eigenvalue weighted by molar-refractivity contribution is 6.39. The molecule has 27 heavy (non-hydrogen) atoms. The number of urea groups is 1. The molecule has 1 heterocycles. The van der Waals surface area contributed by atoms with Crippen LogP contribution >= 0.6 is 0 Å². The number of anilines is 1. The number of hydrogen-bond donors (Lipinski definition) is 2. The molecule has 0 aliphatic carbocycles. The van der Waals surface area contributed by atoms with Crippen LogP contribution in [0.2, 0.25) is 0 Å². The Morgan fingerprint density at radius 1 is 0.963 bits per heavy atom. The van der Waals surface area contributed by atoms with Crippen LogP contribution in [0.25, 0.3) is 6.08 Å². The summed E-state index contributed by atoms with van der Waals surface area (Å²) in [5, 5.41) is 12.1. The van der Waals surface area contributed by atoms with Crippen molar-refractivity contribution >= 4 is 29.6 Å². The number of aryl methyl sites for hydroxylation is 3. The third kappa shape index (κ3) is 3.21. The Kier molecular flexibility index (Phi) is 4.57. The molecule has 2 aromatic rings. The second-order valence-corrected chi connectivity index (χ2v) is 6.68. The Balaban J connectivity index is 2.09. The molecule has 0 saturated carbocycles. The van der Waals surface area contributed by atoms with E-state index in [4.69, 9.17) is 0 Å². The van der Waals surface area contributed by atoms with E-state index >= 15 is 0 Å². The van der Waals surface area contributed by atoms with E-state index in [1.165, 1.54) is 6.08 Å². The highest BCUT2D eigenvalue weighted by atomic mass is 16.3. The Morgan fingerprint density at radius 2 is 1.59 bits per heavy atom. The lowest BCUT2D eigenvalue weighted by atomic mass is 10.0. The Hall–Kier alpha value is -3.41. The second-order valence-electron chi connectivity index (χ2n) is 6.68. The number of phenolic OH excluding ortho intramolecular Hbond substituents is 1. The summed E-state index contributed by atoms with van der Waals surface area (Å²) in [5.41, 5.74) is 3.87. The highest BCUT2D eigenvalue weighted by Gasteiger charge is 2.37. The Morgan fingerprint density at radius 3 is 2.22 bits per heavy atom. The molecule has 6 nitrogen and oxygen atoms in total. The maximum atomic E-state index is 13.0. The number of rotatable bonds is 2. The van der Waals surface area contributed by atoms with Crippen molar-refractivity contribution in [2.45, 2.75) is 27.7 Å². The molecule has 1 saturated heterocycles. The van der Waals surface area contributed by atoms with Crippen LogP contribution in [0, 0.1) is 27.7 Å². The van der Waals surface area contributed by atoms with Crippen molar-refractivity contribution in [3.05, 3.63) is 63.7 Å². The number of nitrogens with one attached hydrogen (secondary N) is 1. The van der Waals surface area contributed by atoms with E-state index in [1.54, 1.807) is 38.1 Å². The summed E-state index contributed by atoms with van der Waals surface area (Å²) >= 11 is 0. The van der Waals surface area contributed by atoms with Crippen LogP contribution in [-0.4, -0.2) is 23.0 Å². The molecule has 3 rings (SSSR count). The number of barbiturate groups is 1. The summed E-state index contributed by atoms with van der Waals surface area (Å²) in [4.78, 5) is 38.6. The van der Waals surface area contributed by atoms with Gasteiger partial charge in [0.2, 0.25) is 0 Å². The van der Waals surface area contributed by atoms with Crippen molar-refractivity contribution in [1.29, 1.82) is 0 Å². The van der Waals surface area contributed by atoms with Gasteiger partial charge < -0.3 is 5.11 Å². The first-order valence-corrected chi connectivity index (χ1v) is 8.48. The fourth-order valence-electron chi connectivity index (χ4n) is 3.09. The van der Waals surface area contributed by atoms with Gasteiger partial charge in [-0.3, -0.25) is 14.9 Å². The van der Waals surface area contributed by atoms with Gasteiger partial charge in [0, 0.05) is 0 Å². The van der Waals surface area contributed by atoms with Crippen LogP contribution in [0.4, 0.5) is 10.5 Å². The number of aromatic hydroxyl groups is 1. The van der Waals surface area contributed by atoms with E-state index < -0.39 is 17.8 Å². The predicted octanol–water partition coefficient (Wildman–Crippen LogP) is 3.29. The van der Waals surface area contributed by atoms with E-state index in [9.17, 15) is 19.5 Å². The Bertz CT molecular complexity index is 998.